The van der Waals surface area contributed by atoms with Gasteiger partial charge in [0.15, 0.2) is 0 Å². The van der Waals surface area contributed by atoms with Gasteiger partial charge in [0.2, 0.25) is 0 Å². The van der Waals surface area contributed by atoms with Crippen molar-refractivity contribution >= 4 is 27.8 Å². The number of benzene rings is 9. The van der Waals surface area contributed by atoms with Crippen LogP contribution in [0, 0.1) is 0 Å². The molecule has 0 atom stereocenters. The van der Waals surface area contributed by atoms with E-state index in [0.29, 0.717) is 0 Å². The van der Waals surface area contributed by atoms with E-state index in [1.807, 2.05) is 0 Å². The van der Waals surface area contributed by atoms with Gasteiger partial charge in [-0.2, -0.15) is 0 Å². The van der Waals surface area contributed by atoms with E-state index < -0.39 is 5.41 Å². The quantitative estimate of drug-likeness (QED) is 0.175. The molecule has 0 unspecified atom stereocenters. The van der Waals surface area contributed by atoms with Crippen molar-refractivity contribution in [2.24, 2.45) is 0 Å². The van der Waals surface area contributed by atoms with Crippen LogP contribution in [0.5, 0.6) is 0 Å². The van der Waals surface area contributed by atoms with Crippen molar-refractivity contribution in [1.29, 1.82) is 0 Å². The summed E-state index contributed by atoms with van der Waals surface area (Å²) in [5.41, 5.74) is 21.5. The molecule has 268 valence electrons. The first kappa shape index (κ1) is 32.3. The molecule has 0 radical (unpaired) electrons. The molecular weight excluding hydrogens is 687 g/mol. The van der Waals surface area contributed by atoms with Crippen LogP contribution in [0.3, 0.4) is 0 Å². The number of fused-ring (bicyclic) bond motifs is 14. The molecule has 0 heterocycles. The summed E-state index contributed by atoms with van der Waals surface area (Å²) < 4.78 is 0. The van der Waals surface area contributed by atoms with E-state index >= 15 is 0 Å². The summed E-state index contributed by atoms with van der Waals surface area (Å²) >= 11 is 0. The molecule has 0 saturated carbocycles. The minimum absolute atomic E-state index is 0.184. The SMILES string of the molecule is CC1(C)c2cc(-c3ccc4ccccc4c3)ccc2-c2ccc(N(c3ccccc3)c3ccc4c(c3)C3(c5ccccc5-c5ccccc53)c3ccccc3-4)cc21. The Kier molecular flexibility index (Phi) is 6.67. The van der Waals surface area contributed by atoms with Crippen molar-refractivity contribution in [2.45, 2.75) is 24.7 Å². The smallest absolute Gasteiger partial charge is 0.0726 e. The van der Waals surface area contributed by atoms with Crippen LogP contribution in [0.1, 0.15) is 47.2 Å². The molecule has 3 aliphatic rings. The maximum atomic E-state index is 2.49. The number of hydrogen-bond acceptors (Lipinski definition) is 1. The maximum absolute atomic E-state index is 2.49. The fraction of sp³-hybridized carbons (Fsp3) is 0.0714. The zero-order valence-electron chi connectivity index (χ0n) is 32.0. The minimum atomic E-state index is -0.401. The molecule has 1 spiro atoms. The maximum Gasteiger partial charge on any atom is 0.0726 e. The van der Waals surface area contributed by atoms with Gasteiger partial charge in [-0.25, -0.2) is 0 Å². The molecule has 0 saturated heterocycles. The lowest BCUT2D eigenvalue weighted by atomic mass is 9.70. The average Bonchev–Trinajstić information content (AvgIpc) is 3.82. The van der Waals surface area contributed by atoms with E-state index in [1.165, 1.54) is 88.7 Å². The molecule has 9 aromatic carbocycles. The summed E-state index contributed by atoms with van der Waals surface area (Å²) in [6, 6.07) is 74.9. The van der Waals surface area contributed by atoms with E-state index in [1.54, 1.807) is 0 Å². The largest absolute Gasteiger partial charge is 0.310 e. The van der Waals surface area contributed by atoms with Gasteiger partial charge in [-0.3, -0.25) is 0 Å². The number of para-hydroxylation sites is 1. The molecule has 12 rings (SSSR count). The standard InChI is InChI=1S/C56H39N/c1-55(2)52-33-39(38-25-24-36-14-6-7-15-37(36)32-38)26-29-46(52)47-30-27-41(34-53(47)55)57(40-16-4-3-5-17-40)42-28-31-48-45-20-10-13-23-51(45)56(54(48)35-42)49-21-11-8-18-43(49)44-19-9-12-22-50(44)56/h3-35H,1-2H3. The fourth-order valence-electron chi connectivity index (χ4n) is 10.7. The van der Waals surface area contributed by atoms with Crippen LogP contribution in [0.15, 0.2) is 200 Å². The van der Waals surface area contributed by atoms with Gasteiger partial charge < -0.3 is 4.90 Å². The molecule has 0 aliphatic heterocycles. The van der Waals surface area contributed by atoms with Crippen molar-refractivity contribution in [3.8, 4) is 44.5 Å². The van der Waals surface area contributed by atoms with Gasteiger partial charge in [-0.1, -0.05) is 166 Å². The zero-order chi connectivity index (χ0) is 37.9. The number of rotatable bonds is 4. The Labute approximate surface area is 334 Å². The molecule has 0 N–H and O–H groups in total. The van der Waals surface area contributed by atoms with Crippen molar-refractivity contribution in [3.63, 3.8) is 0 Å². The molecule has 0 amide bonds. The molecule has 3 aliphatic carbocycles. The van der Waals surface area contributed by atoms with E-state index in [4.69, 9.17) is 0 Å². The lowest BCUT2D eigenvalue weighted by Crippen LogP contribution is -2.26. The third-order valence-electron chi connectivity index (χ3n) is 13.3. The van der Waals surface area contributed by atoms with Crippen LogP contribution >= 0.6 is 0 Å². The van der Waals surface area contributed by atoms with E-state index in [0.717, 1.165) is 17.1 Å². The predicted octanol–water partition coefficient (Wildman–Crippen LogP) is 14.6. The van der Waals surface area contributed by atoms with Crippen LogP contribution in [0.25, 0.3) is 55.3 Å². The monoisotopic (exact) mass is 725 g/mol. The second-order valence-electron chi connectivity index (χ2n) is 16.5. The van der Waals surface area contributed by atoms with Gasteiger partial charge in [-0.15, -0.1) is 0 Å². The summed E-state index contributed by atoms with van der Waals surface area (Å²) in [4.78, 5) is 2.46. The Hall–Kier alpha value is -6.96. The predicted molar refractivity (Wildman–Crippen MR) is 238 cm³/mol. The van der Waals surface area contributed by atoms with Gasteiger partial charge >= 0.3 is 0 Å². The van der Waals surface area contributed by atoms with Crippen LogP contribution in [0.4, 0.5) is 17.1 Å². The van der Waals surface area contributed by atoms with Gasteiger partial charge in [-0.05, 0) is 137 Å². The highest BCUT2D eigenvalue weighted by Gasteiger charge is 2.51. The first-order valence-corrected chi connectivity index (χ1v) is 20.1. The highest BCUT2D eigenvalue weighted by atomic mass is 15.1. The third kappa shape index (κ3) is 4.40. The van der Waals surface area contributed by atoms with Crippen molar-refractivity contribution < 1.29 is 0 Å². The number of nitrogens with zero attached hydrogens (tertiary/aromatic N) is 1. The lowest BCUT2D eigenvalue weighted by Gasteiger charge is -2.32. The third-order valence-corrected chi connectivity index (χ3v) is 13.3. The Morgan fingerprint density at radius 1 is 0.298 bits per heavy atom. The minimum Gasteiger partial charge on any atom is -0.310 e. The van der Waals surface area contributed by atoms with Crippen molar-refractivity contribution in [3.05, 3.63) is 234 Å². The second kappa shape index (κ2) is 11.8. The molecule has 9 aromatic rings. The Bertz CT molecular complexity index is 3050. The highest BCUT2D eigenvalue weighted by Crippen LogP contribution is 2.63. The summed E-state index contributed by atoms with van der Waals surface area (Å²) in [6.07, 6.45) is 0. The van der Waals surface area contributed by atoms with Crippen LogP contribution in [0.2, 0.25) is 0 Å². The van der Waals surface area contributed by atoms with Crippen LogP contribution in [-0.4, -0.2) is 0 Å². The topological polar surface area (TPSA) is 3.24 Å². The first-order valence-electron chi connectivity index (χ1n) is 20.1. The summed E-state index contributed by atoms with van der Waals surface area (Å²) in [5, 5.41) is 2.54. The summed E-state index contributed by atoms with van der Waals surface area (Å²) in [7, 11) is 0. The second-order valence-corrected chi connectivity index (χ2v) is 16.5. The Morgan fingerprint density at radius 2 is 0.737 bits per heavy atom. The van der Waals surface area contributed by atoms with Gasteiger partial charge in [0.25, 0.3) is 0 Å². The van der Waals surface area contributed by atoms with E-state index in [-0.39, 0.29) is 5.41 Å². The molecule has 0 fully saturated rings. The lowest BCUT2D eigenvalue weighted by molar-refractivity contribution is 0.660. The molecule has 1 nitrogen and oxygen atoms in total. The highest BCUT2D eigenvalue weighted by molar-refractivity contribution is 5.97. The number of hydrogen-bond donors (Lipinski definition) is 0. The molecule has 0 aromatic heterocycles. The van der Waals surface area contributed by atoms with Gasteiger partial charge in [0, 0.05) is 22.5 Å². The molecule has 57 heavy (non-hydrogen) atoms. The molecular formula is C56H39N. The van der Waals surface area contributed by atoms with E-state index in [2.05, 4.69) is 219 Å². The molecule has 1 heteroatoms. The van der Waals surface area contributed by atoms with E-state index in [9.17, 15) is 0 Å². The van der Waals surface area contributed by atoms with Crippen molar-refractivity contribution in [1.82, 2.24) is 0 Å². The van der Waals surface area contributed by atoms with Gasteiger partial charge in [0.05, 0.1) is 5.41 Å². The summed E-state index contributed by atoms with van der Waals surface area (Å²) in [6.45, 7) is 4.79. The van der Waals surface area contributed by atoms with Crippen molar-refractivity contribution in [2.75, 3.05) is 4.90 Å². The summed E-state index contributed by atoms with van der Waals surface area (Å²) in [5.74, 6) is 0. The average molecular weight is 726 g/mol. The first-order chi connectivity index (χ1) is 28.0. The zero-order valence-corrected chi connectivity index (χ0v) is 32.0. The van der Waals surface area contributed by atoms with Crippen LogP contribution in [-0.2, 0) is 10.8 Å². The fourth-order valence-corrected chi connectivity index (χ4v) is 10.7. The Morgan fingerprint density at radius 3 is 1.37 bits per heavy atom. The van der Waals surface area contributed by atoms with Crippen LogP contribution < -0.4 is 4.90 Å². The molecule has 0 bridgehead atoms. The number of anilines is 3. The Balaban J connectivity index is 1.02. The van der Waals surface area contributed by atoms with Gasteiger partial charge in [0.1, 0.15) is 0 Å². The normalized spacial score (nSPS) is 14.4.